The van der Waals surface area contributed by atoms with Crippen molar-refractivity contribution < 1.29 is 14.2 Å². The number of ether oxygens (including phenoxy) is 1. The van der Waals surface area contributed by atoms with E-state index in [9.17, 15) is 4.79 Å². The SMILES string of the molecule is Cc1nonc1COc1ccccc1C(=O)N1CCC(c2cccc(Cc3ccccc3)n2)CC1. The van der Waals surface area contributed by atoms with Crippen molar-refractivity contribution in [2.75, 3.05) is 13.1 Å². The van der Waals surface area contributed by atoms with E-state index in [1.54, 1.807) is 0 Å². The molecule has 0 atom stereocenters. The number of carbonyl (C=O) groups excluding carboxylic acids is 1. The van der Waals surface area contributed by atoms with Gasteiger partial charge in [-0.2, -0.15) is 0 Å². The standard InChI is InChI=1S/C28H28N4O3/c1-20-26(31-35-30-20)19-34-27-13-6-5-11-24(27)28(33)32-16-14-22(15-17-32)25-12-7-10-23(29-25)18-21-8-3-2-4-9-21/h2-13,22H,14-19H2,1H3. The zero-order valence-electron chi connectivity index (χ0n) is 19.8. The Hall–Kier alpha value is -4.00. The van der Waals surface area contributed by atoms with Crippen LogP contribution in [0.4, 0.5) is 0 Å². The second-order valence-corrected chi connectivity index (χ2v) is 8.86. The Balaban J connectivity index is 1.21. The molecule has 5 rings (SSSR count). The van der Waals surface area contributed by atoms with Gasteiger partial charge in [0.25, 0.3) is 5.91 Å². The van der Waals surface area contributed by atoms with Gasteiger partial charge in [-0.15, -0.1) is 0 Å². The lowest BCUT2D eigenvalue weighted by Crippen LogP contribution is -2.38. The third kappa shape index (κ3) is 5.40. The third-order valence-electron chi connectivity index (χ3n) is 6.49. The van der Waals surface area contributed by atoms with Gasteiger partial charge in [-0.3, -0.25) is 9.78 Å². The number of rotatable bonds is 7. The summed E-state index contributed by atoms with van der Waals surface area (Å²) in [6.45, 7) is 3.39. The number of aryl methyl sites for hydroxylation is 1. The molecular formula is C28H28N4O3. The summed E-state index contributed by atoms with van der Waals surface area (Å²) in [5.41, 5.74) is 5.31. The predicted molar refractivity (Wildman–Crippen MR) is 131 cm³/mol. The third-order valence-corrected chi connectivity index (χ3v) is 6.49. The maximum atomic E-state index is 13.3. The summed E-state index contributed by atoms with van der Waals surface area (Å²) >= 11 is 0. The molecule has 1 amide bonds. The minimum absolute atomic E-state index is 0.0140. The Bertz CT molecular complexity index is 1280. The number of piperidine rings is 1. The van der Waals surface area contributed by atoms with E-state index in [2.05, 4.69) is 52.8 Å². The lowest BCUT2D eigenvalue weighted by atomic mass is 9.92. The maximum Gasteiger partial charge on any atom is 0.257 e. The summed E-state index contributed by atoms with van der Waals surface area (Å²) in [6, 6.07) is 24.0. The number of para-hydroxylation sites is 1. The molecule has 7 nitrogen and oxygen atoms in total. The van der Waals surface area contributed by atoms with Crippen molar-refractivity contribution in [3.63, 3.8) is 0 Å². The molecule has 35 heavy (non-hydrogen) atoms. The van der Waals surface area contributed by atoms with E-state index in [0.717, 1.165) is 30.7 Å². The van der Waals surface area contributed by atoms with E-state index < -0.39 is 0 Å². The molecule has 1 fully saturated rings. The fraction of sp³-hybridized carbons (Fsp3) is 0.286. The Morgan fingerprint density at radius 2 is 1.74 bits per heavy atom. The predicted octanol–water partition coefficient (Wildman–Crippen LogP) is 4.96. The molecule has 1 aliphatic heterocycles. The number of carbonyl (C=O) groups is 1. The monoisotopic (exact) mass is 468 g/mol. The van der Waals surface area contributed by atoms with Crippen LogP contribution < -0.4 is 4.74 Å². The van der Waals surface area contributed by atoms with Gasteiger partial charge in [0, 0.05) is 36.8 Å². The van der Waals surface area contributed by atoms with Crippen LogP contribution in [0.2, 0.25) is 0 Å². The van der Waals surface area contributed by atoms with E-state index in [-0.39, 0.29) is 12.5 Å². The summed E-state index contributed by atoms with van der Waals surface area (Å²) in [5, 5.41) is 7.62. The highest BCUT2D eigenvalue weighted by atomic mass is 16.6. The van der Waals surface area contributed by atoms with Crippen LogP contribution in [0.5, 0.6) is 5.75 Å². The van der Waals surface area contributed by atoms with E-state index >= 15 is 0 Å². The normalized spacial score (nSPS) is 14.1. The molecule has 0 bridgehead atoms. The second-order valence-electron chi connectivity index (χ2n) is 8.86. The van der Waals surface area contributed by atoms with Crippen molar-refractivity contribution in [3.8, 4) is 5.75 Å². The van der Waals surface area contributed by atoms with Crippen molar-refractivity contribution in [1.29, 1.82) is 0 Å². The van der Waals surface area contributed by atoms with Gasteiger partial charge in [0.2, 0.25) is 0 Å². The molecule has 1 saturated heterocycles. The van der Waals surface area contributed by atoms with Gasteiger partial charge < -0.3 is 9.64 Å². The van der Waals surface area contributed by atoms with E-state index in [4.69, 9.17) is 14.3 Å². The van der Waals surface area contributed by atoms with Crippen LogP contribution in [0.25, 0.3) is 0 Å². The van der Waals surface area contributed by atoms with Crippen molar-refractivity contribution in [3.05, 3.63) is 107 Å². The zero-order valence-corrected chi connectivity index (χ0v) is 19.8. The van der Waals surface area contributed by atoms with Gasteiger partial charge in [0.1, 0.15) is 23.7 Å². The van der Waals surface area contributed by atoms with Crippen LogP contribution in [-0.2, 0) is 13.0 Å². The highest BCUT2D eigenvalue weighted by Gasteiger charge is 2.27. The molecule has 0 radical (unpaired) electrons. The van der Waals surface area contributed by atoms with E-state index in [1.807, 2.05) is 42.2 Å². The van der Waals surface area contributed by atoms with Gasteiger partial charge in [-0.05, 0) is 49.6 Å². The summed E-state index contributed by atoms with van der Waals surface area (Å²) in [4.78, 5) is 20.2. The van der Waals surface area contributed by atoms with Gasteiger partial charge in [0.15, 0.2) is 0 Å². The first-order valence-corrected chi connectivity index (χ1v) is 12.0. The molecule has 3 heterocycles. The van der Waals surface area contributed by atoms with Crippen LogP contribution in [0, 0.1) is 6.92 Å². The highest BCUT2D eigenvalue weighted by Crippen LogP contribution is 2.29. The molecule has 1 aliphatic rings. The summed E-state index contributed by atoms with van der Waals surface area (Å²) in [5.74, 6) is 0.876. The molecule has 0 spiro atoms. The van der Waals surface area contributed by atoms with Crippen LogP contribution in [0.15, 0.2) is 77.4 Å². The summed E-state index contributed by atoms with van der Waals surface area (Å²) in [7, 11) is 0. The lowest BCUT2D eigenvalue weighted by Gasteiger charge is -2.32. The lowest BCUT2D eigenvalue weighted by molar-refractivity contribution is 0.0707. The number of hydrogen-bond donors (Lipinski definition) is 0. The van der Waals surface area contributed by atoms with Crippen molar-refractivity contribution in [2.24, 2.45) is 0 Å². The second kappa shape index (κ2) is 10.5. The number of amides is 1. The molecule has 2 aromatic carbocycles. The molecule has 4 aromatic rings. The van der Waals surface area contributed by atoms with Crippen LogP contribution in [0.1, 0.15) is 57.5 Å². The number of hydrogen-bond acceptors (Lipinski definition) is 6. The molecule has 7 heteroatoms. The van der Waals surface area contributed by atoms with Crippen LogP contribution >= 0.6 is 0 Å². The van der Waals surface area contributed by atoms with E-state index in [1.165, 1.54) is 5.56 Å². The largest absolute Gasteiger partial charge is 0.486 e. The van der Waals surface area contributed by atoms with Crippen molar-refractivity contribution in [1.82, 2.24) is 20.2 Å². The fourth-order valence-electron chi connectivity index (χ4n) is 4.47. The summed E-state index contributed by atoms with van der Waals surface area (Å²) in [6.07, 6.45) is 2.60. The number of pyridine rings is 1. The maximum absolute atomic E-state index is 13.3. The molecule has 0 unspecified atom stereocenters. The fourth-order valence-corrected chi connectivity index (χ4v) is 4.47. The Labute approximate surface area is 204 Å². The molecule has 178 valence electrons. The molecule has 2 aromatic heterocycles. The molecule has 0 aliphatic carbocycles. The number of nitrogens with zero attached hydrogens (tertiary/aromatic N) is 4. The van der Waals surface area contributed by atoms with Crippen molar-refractivity contribution in [2.45, 2.75) is 38.7 Å². The Kier molecular flexibility index (Phi) is 6.84. The van der Waals surface area contributed by atoms with E-state index in [0.29, 0.717) is 41.7 Å². The zero-order chi connectivity index (χ0) is 24.0. The average molecular weight is 469 g/mol. The molecular weight excluding hydrogens is 440 g/mol. The minimum Gasteiger partial charge on any atom is -0.486 e. The van der Waals surface area contributed by atoms with Crippen LogP contribution in [0.3, 0.4) is 0 Å². The number of aromatic nitrogens is 3. The quantitative estimate of drug-likeness (QED) is 0.381. The first kappa shape index (κ1) is 22.8. The number of likely N-dealkylation sites (tertiary alicyclic amines) is 1. The van der Waals surface area contributed by atoms with Crippen molar-refractivity contribution >= 4 is 5.91 Å². The highest BCUT2D eigenvalue weighted by molar-refractivity contribution is 5.97. The average Bonchev–Trinajstić information content (AvgIpc) is 3.32. The molecule has 0 saturated carbocycles. The molecule has 0 N–H and O–H groups in total. The topological polar surface area (TPSA) is 81.3 Å². The first-order chi connectivity index (χ1) is 17.2. The smallest absolute Gasteiger partial charge is 0.257 e. The van der Waals surface area contributed by atoms with Gasteiger partial charge in [-0.25, -0.2) is 4.63 Å². The summed E-state index contributed by atoms with van der Waals surface area (Å²) < 4.78 is 10.6. The number of benzene rings is 2. The Morgan fingerprint density at radius 3 is 2.51 bits per heavy atom. The van der Waals surface area contributed by atoms with Gasteiger partial charge in [-0.1, -0.05) is 58.8 Å². The Morgan fingerprint density at radius 1 is 0.971 bits per heavy atom. The van der Waals surface area contributed by atoms with Gasteiger partial charge >= 0.3 is 0 Å². The van der Waals surface area contributed by atoms with Crippen LogP contribution in [-0.4, -0.2) is 39.2 Å². The van der Waals surface area contributed by atoms with Gasteiger partial charge in [0.05, 0.1) is 5.56 Å². The first-order valence-electron chi connectivity index (χ1n) is 12.0. The minimum atomic E-state index is -0.0140.